The van der Waals surface area contributed by atoms with Gasteiger partial charge in [0.05, 0.1) is 48.7 Å². The molecular formula is C33H33F4N5O5. The lowest BCUT2D eigenvalue weighted by Gasteiger charge is -2.41. The summed E-state index contributed by atoms with van der Waals surface area (Å²) in [7, 11) is 1.55. The minimum absolute atomic E-state index is 0.0846. The van der Waals surface area contributed by atoms with Crippen LogP contribution in [0.3, 0.4) is 0 Å². The minimum atomic E-state index is -4.47. The van der Waals surface area contributed by atoms with Crippen LogP contribution in [0.1, 0.15) is 43.4 Å². The van der Waals surface area contributed by atoms with Crippen molar-refractivity contribution in [1.29, 1.82) is 0 Å². The number of amides is 1. The molecule has 2 saturated heterocycles. The van der Waals surface area contributed by atoms with Crippen molar-refractivity contribution in [2.75, 3.05) is 38.7 Å². The fourth-order valence-corrected chi connectivity index (χ4v) is 6.36. The number of benzene rings is 2. The van der Waals surface area contributed by atoms with Crippen LogP contribution < -0.4 is 14.8 Å². The number of anilines is 1. The molecule has 3 aliphatic rings. The minimum Gasteiger partial charge on any atom is -0.493 e. The molecule has 2 aliphatic heterocycles. The third-order valence-electron chi connectivity index (χ3n) is 9.10. The summed E-state index contributed by atoms with van der Waals surface area (Å²) in [4.78, 5) is 24.1. The molecule has 0 radical (unpaired) electrons. The topological polar surface area (TPSA) is 112 Å². The molecule has 1 amide bonds. The number of methoxy groups -OCH3 is 1. The van der Waals surface area contributed by atoms with E-state index in [1.165, 1.54) is 24.8 Å². The summed E-state index contributed by atoms with van der Waals surface area (Å²) < 4.78 is 77.7. The molecule has 14 heteroatoms. The number of alkyl halides is 3. The van der Waals surface area contributed by atoms with E-state index < -0.39 is 23.3 Å². The van der Waals surface area contributed by atoms with Crippen molar-refractivity contribution in [3.8, 4) is 22.8 Å². The highest BCUT2D eigenvalue weighted by atomic mass is 19.4. The molecule has 47 heavy (non-hydrogen) atoms. The standard InChI is InChI=1S/C33H33F4N5O5/c1-44-27-14-25-24(13-28(27)45-10-9-42-17-21-3-2-4-22(18-42)46-21)38-16-26(39-25)20-6-5-19(23(34)11-20)12-31(43)40-30-15-29(47-41-30)32(7-8-32)33(35,36)37/h5-6,11,13-16,21-22H,2-4,7-10,12,17-18H2,1H3,(H,40,41,43). The first-order chi connectivity index (χ1) is 22.6. The second-order valence-electron chi connectivity index (χ2n) is 12.4. The van der Waals surface area contributed by atoms with E-state index in [2.05, 4.69) is 25.3 Å². The quantitative estimate of drug-likeness (QED) is 0.211. The maximum Gasteiger partial charge on any atom is 0.401 e. The van der Waals surface area contributed by atoms with Crippen molar-refractivity contribution in [3.05, 3.63) is 59.7 Å². The molecule has 2 aromatic carbocycles. The molecule has 1 saturated carbocycles. The number of morpholine rings is 1. The summed E-state index contributed by atoms with van der Waals surface area (Å²) in [5.41, 5.74) is -0.00440. The molecule has 3 fully saturated rings. The fraction of sp³-hybridized carbons (Fsp3) is 0.455. The highest BCUT2D eigenvalue weighted by molar-refractivity contribution is 5.91. The van der Waals surface area contributed by atoms with Crippen LogP contribution in [0, 0.1) is 5.82 Å². The first-order valence-electron chi connectivity index (χ1n) is 15.6. The number of aromatic nitrogens is 3. The average Bonchev–Trinajstić information content (AvgIpc) is 3.74. The summed E-state index contributed by atoms with van der Waals surface area (Å²) in [6.07, 6.45) is 0.531. The van der Waals surface area contributed by atoms with Crippen LogP contribution in [0.5, 0.6) is 11.5 Å². The molecule has 7 rings (SSSR count). The number of ether oxygens (including phenoxy) is 3. The lowest BCUT2D eigenvalue weighted by atomic mass is 10.00. The highest BCUT2D eigenvalue weighted by Crippen LogP contribution is 2.59. The lowest BCUT2D eigenvalue weighted by molar-refractivity contribution is -0.165. The molecule has 2 atom stereocenters. The number of carbonyl (C=O) groups excluding carboxylic acids is 1. The summed E-state index contributed by atoms with van der Waals surface area (Å²) >= 11 is 0. The Morgan fingerprint density at radius 1 is 1.09 bits per heavy atom. The van der Waals surface area contributed by atoms with Crippen LogP contribution in [0.4, 0.5) is 23.4 Å². The molecule has 4 heterocycles. The van der Waals surface area contributed by atoms with Gasteiger partial charge in [-0.25, -0.2) is 9.37 Å². The van der Waals surface area contributed by atoms with Gasteiger partial charge in [-0.05, 0) is 43.7 Å². The number of carbonyl (C=O) groups is 1. The highest BCUT2D eigenvalue weighted by Gasteiger charge is 2.67. The van der Waals surface area contributed by atoms with Crippen molar-refractivity contribution in [1.82, 2.24) is 20.0 Å². The number of hydrogen-bond acceptors (Lipinski definition) is 9. The van der Waals surface area contributed by atoms with E-state index in [0.29, 0.717) is 52.6 Å². The van der Waals surface area contributed by atoms with Crippen LogP contribution in [0.25, 0.3) is 22.3 Å². The Kier molecular flexibility index (Phi) is 8.25. The van der Waals surface area contributed by atoms with E-state index >= 15 is 4.39 Å². The third-order valence-corrected chi connectivity index (χ3v) is 9.10. The zero-order chi connectivity index (χ0) is 32.8. The predicted molar refractivity (Wildman–Crippen MR) is 162 cm³/mol. The van der Waals surface area contributed by atoms with E-state index in [1.54, 1.807) is 25.3 Å². The molecule has 1 N–H and O–H groups in total. The zero-order valence-electron chi connectivity index (χ0n) is 25.6. The number of halogens is 4. The zero-order valence-corrected chi connectivity index (χ0v) is 25.6. The Morgan fingerprint density at radius 3 is 2.55 bits per heavy atom. The van der Waals surface area contributed by atoms with Crippen LogP contribution in [0.15, 0.2) is 47.1 Å². The monoisotopic (exact) mass is 655 g/mol. The van der Waals surface area contributed by atoms with Crippen molar-refractivity contribution in [2.45, 2.75) is 62.3 Å². The maximum absolute atomic E-state index is 15.1. The SMILES string of the molecule is COc1cc2nc(-c3ccc(CC(=O)Nc4cc(C5(C(F)(F)F)CC5)on4)c(F)c3)cnc2cc1OCCN1CC2CCCC(C1)O2. The molecule has 248 valence electrons. The van der Waals surface area contributed by atoms with Gasteiger partial charge in [0, 0.05) is 43.4 Å². The number of nitrogens with one attached hydrogen (secondary N) is 1. The van der Waals surface area contributed by atoms with E-state index in [-0.39, 0.29) is 36.4 Å². The van der Waals surface area contributed by atoms with Crippen molar-refractivity contribution in [2.24, 2.45) is 0 Å². The molecule has 0 spiro atoms. The Bertz CT molecular complexity index is 1780. The summed E-state index contributed by atoms with van der Waals surface area (Å²) in [6, 6.07) is 8.88. The van der Waals surface area contributed by atoms with Gasteiger partial charge in [-0.15, -0.1) is 0 Å². The van der Waals surface area contributed by atoms with Gasteiger partial charge in [0.1, 0.15) is 17.8 Å². The Balaban J connectivity index is 0.987. The molecule has 4 aromatic rings. The third kappa shape index (κ3) is 6.48. The number of hydrogen-bond donors (Lipinski definition) is 1. The van der Waals surface area contributed by atoms with Crippen LogP contribution in [-0.2, 0) is 21.4 Å². The summed E-state index contributed by atoms with van der Waals surface area (Å²) in [5.74, 6) is -0.763. The van der Waals surface area contributed by atoms with Crippen LogP contribution in [-0.4, -0.2) is 77.7 Å². The molecule has 2 unspecified atom stereocenters. The molecular weight excluding hydrogens is 622 g/mol. The van der Waals surface area contributed by atoms with Gasteiger partial charge in [0.15, 0.2) is 23.1 Å². The van der Waals surface area contributed by atoms with Crippen molar-refractivity contribution >= 4 is 22.8 Å². The van der Waals surface area contributed by atoms with Gasteiger partial charge in [-0.2, -0.15) is 13.2 Å². The summed E-state index contributed by atoms with van der Waals surface area (Å²) in [6.45, 7) is 3.08. The number of likely N-dealkylation sites (tertiary alicyclic amines) is 1. The normalized spacial score (nSPS) is 20.6. The maximum atomic E-state index is 15.1. The molecule has 10 nitrogen and oxygen atoms in total. The largest absolute Gasteiger partial charge is 0.493 e. The van der Waals surface area contributed by atoms with Crippen LogP contribution in [0.2, 0.25) is 0 Å². The Hall–Kier alpha value is -4.30. The first-order valence-corrected chi connectivity index (χ1v) is 15.6. The van der Waals surface area contributed by atoms with E-state index in [1.807, 2.05) is 0 Å². The fourth-order valence-electron chi connectivity index (χ4n) is 6.36. The van der Waals surface area contributed by atoms with E-state index in [0.717, 1.165) is 38.5 Å². The van der Waals surface area contributed by atoms with E-state index in [9.17, 15) is 18.0 Å². The Morgan fingerprint density at radius 2 is 1.85 bits per heavy atom. The van der Waals surface area contributed by atoms with Gasteiger partial charge >= 0.3 is 6.18 Å². The van der Waals surface area contributed by atoms with Gasteiger partial charge < -0.3 is 24.1 Å². The number of nitrogens with zero attached hydrogens (tertiary/aromatic N) is 4. The second-order valence-corrected chi connectivity index (χ2v) is 12.4. The van der Waals surface area contributed by atoms with Gasteiger partial charge in [0.25, 0.3) is 0 Å². The molecule has 2 aromatic heterocycles. The lowest BCUT2D eigenvalue weighted by Crippen LogP contribution is -2.50. The predicted octanol–water partition coefficient (Wildman–Crippen LogP) is 5.84. The van der Waals surface area contributed by atoms with Gasteiger partial charge in [-0.1, -0.05) is 17.3 Å². The molecule has 2 bridgehead atoms. The average molecular weight is 656 g/mol. The second kappa shape index (κ2) is 12.4. The van der Waals surface area contributed by atoms with E-state index in [4.69, 9.17) is 18.7 Å². The van der Waals surface area contributed by atoms with Crippen LogP contribution >= 0.6 is 0 Å². The number of rotatable bonds is 10. The number of fused-ring (bicyclic) bond motifs is 3. The Labute approximate surface area is 267 Å². The first kappa shape index (κ1) is 31.3. The molecule has 1 aliphatic carbocycles. The van der Waals surface area contributed by atoms with Gasteiger partial charge in [-0.3, -0.25) is 14.7 Å². The van der Waals surface area contributed by atoms with Crippen molar-refractivity contribution < 1.29 is 41.1 Å². The van der Waals surface area contributed by atoms with Crippen molar-refractivity contribution in [3.63, 3.8) is 0 Å². The smallest absolute Gasteiger partial charge is 0.401 e. The van der Waals surface area contributed by atoms with Gasteiger partial charge in [0.2, 0.25) is 5.91 Å². The summed E-state index contributed by atoms with van der Waals surface area (Å²) in [5, 5.41) is 5.92.